The number of ether oxygens (including phenoxy) is 2. The quantitative estimate of drug-likeness (QED) is 0.0499. The fourth-order valence-corrected chi connectivity index (χ4v) is 7.11. The number of para-hydroxylation sites is 2. The molecule has 13 heteroatoms. The van der Waals surface area contributed by atoms with Crippen molar-refractivity contribution in [2.24, 2.45) is 0 Å². The van der Waals surface area contributed by atoms with Crippen LogP contribution in [0.5, 0.6) is 34.5 Å². The fourth-order valence-electron chi connectivity index (χ4n) is 5.62. The average Bonchev–Trinajstić information content (AvgIpc) is 3.10. The van der Waals surface area contributed by atoms with Gasteiger partial charge in [-0.05, 0) is 73.2 Å². The molecule has 0 heterocycles. The molecule has 0 atom stereocenters. The van der Waals surface area contributed by atoms with Crippen LogP contribution in [-0.4, -0.2) is 68.8 Å². The molecule has 0 bridgehead atoms. The van der Waals surface area contributed by atoms with Gasteiger partial charge in [-0.15, -0.1) is 0 Å². The molecule has 0 saturated carbocycles. The second kappa shape index (κ2) is 23.8. The number of aryl methyl sites for hydroxylation is 2. The standard InChI is InChI=1S/2C20H26O5S.Ca/c2*1-2-3-4-5-6-8-11-16-14-18(21)19(15-20(16)26(22,23)24)25-17-12-9-7-10-13-17;/h2*7,9-10,12-15,21H,2-6,8,11H2,1H3,(H,22,23,24);/q;;+2/p-2. The van der Waals surface area contributed by atoms with E-state index >= 15 is 0 Å². The van der Waals surface area contributed by atoms with Gasteiger partial charge < -0.3 is 24.2 Å². The summed E-state index contributed by atoms with van der Waals surface area (Å²) in [6, 6.07) is 22.1. The number of unbranched alkanes of at least 4 members (excludes halogenated alkanes) is 10. The minimum atomic E-state index is -4.69. The third kappa shape index (κ3) is 16.6. The molecular formula is C40H50CaO10S2. The number of rotatable bonds is 20. The van der Waals surface area contributed by atoms with Crippen molar-refractivity contribution >= 4 is 58.0 Å². The van der Waals surface area contributed by atoms with E-state index in [2.05, 4.69) is 13.8 Å². The Balaban J connectivity index is 0.000000360. The van der Waals surface area contributed by atoms with E-state index in [0.717, 1.165) is 63.9 Å². The first kappa shape index (κ1) is 46.3. The average molecular weight is 795 g/mol. The van der Waals surface area contributed by atoms with E-state index < -0.39 is 26.0 Å². The molecule has 284 valence electrons. The number of phenols is 1. The van der Waals surface area contributed by atoms with Gasteiger partial charge in [-0.2, -0.15) is 8.42 Å². The smallest absolute Gasteiger partial charge is 0.870 e. The predicted molar refractivity (Wildman–Crippen MR) is 205 cm³/mol. The summed E-state index contributed by atoms with van der Waals surface area (Å²) in [5.74, 6) is 0.132. The third-order valence-corrected chi connectivity index (χ3v) is 10.2. The normalized spacial score (nSPS) is 11.2. The number of hydrogen-bond donors (Lipinski definition) is 2. The number of hydrogen-bond acceptors (Lipinski definition) is 9. The topological polar surface area (TPSA) is 173 Å². The Bertz CT molecular complexity index is 1750. The zero-order valence-corrected chi connectivity index (χ0v) is 34.5. The van der Waals surface area contributed by atoms with Crippen LogP contribution in [0.2, 0.25) is 0 Å². The molecule has 0 aliphatic heterocycles. The number of phenolic OH excluding ortho intramolecular Hbond substituents is 1. The van der Waals surface area contributed by atoms with Crippen LogP contribution in [0.4, 0.5) is 0 Å². The van der Waals surface area contributed by atoms with Crippen LogP contribution >= 0.6 is 0 Å². The van der Waals surface area contributed by atoms with Gasteiger partial charge in [0.1, 0.15) is 32.3 Å². The molecule has 0 spiro atoms. The summed E-state index contributed by atoms with van der Waals surface area (Å²) in [5.41, 5.74) is 0.682. The molecule has 10 nitrogen and oxygen atoms in total. The van der Waals surface area contributed by atoms with Gasteiger partial charge in [0.25, 0.3) is 10.1 Å². The first-order valence-electron chi connectivity index (χ1n) is 17.9. The van der Waals surface area contributed by atoms with Crippen molar-refractivity contribution in [3.05, 3.63) is 96.1 Å². The monoisotopic (exact) mass is 794 g/mol. The molecule has 4 aromatic carbocycles. The third-order valence-electron chi connectivity index (χ3n) is 8.36. The van der Waals surface area contributed by atoms with Crippen molar-refractivity contribution < 1.29 is 45.6 Å². The molecule has 0 aromatic heterocycles. The van der Waals surface area contributed by atoms with Crippen LogP contribution in [-0.2, 0) is 33.1 Å². The first-order valence-corrected chi connectivity index (χ1v) is 20.8. The SMILES string of the molecule is CCCCCCCCc1cc(O)c(Oc2ccccc2)cc1S(=O)(=O)O.CCCCCCCCc1cc([O-])c(Oc2ccccc2)cc1S(=O)(=O)[O-].[Ca+2]. The van der Waals surface area contributed by atoms with E-state index in [4.69, 9.17) is 9.47 Å². The Morgan fingerprint density at radius 3 is 1.45 bits per heavy atom. The summed E-state index contributed by atoms with van der Waals surface area (Å²) in [4.78, 5) is -0.577. The van der Waals surface area contributed by atoms with Crippen molar-refractivity contribution in [1.82, 2.24) is 0 Å². The van der Waals surface area contributed by atoms with E-state index in [-0.39, 0.29) is 70.3 Å². The van der Waals surface area contributed by atoms with Gasteiger partial charge >= 0.3 is 37.7 Å². The zero-order valence-electron chi connectivity index (χ0n) is 30.7. The van der Waals surface area contributed by atoms with Crippen LogP contribution in [0, 0.1) is 0 Å². The molecule has 0 saturated heterocycles. The van der Waals surface area contributed by atoms with E-state index in [1.54, 1.807) is 54.6 Å². The summed E-state index contributed by atoms with van der Waals surface area (Å²) in [6.07, 6.45) is 13.5. The van der Waals surface area contributed by atoms with Crippen molar-refractivity contribution in [1.29, 1.82) is 0 Å². The minimum absolute atomic E-state index is 0. The molecule has 0 fully saturated rings. The Kier molecular flexibility index (Phi) is 20.8. The molecule has 0 aliphatic carbocycles. The van der Waals surface area contributed by atoms with E-state index in [0.29, 0.717) is 29.9 Å². The summed E-state index contributed by atoms with van der Waals surface area (Å²) in [7, 11) is -9.09. The molecule has 53 heavy (non-hydrogen) atoms. The van der Waals surface area contributed by atoms with Crippen molar-refractivity contribution in [2.45, 2.75) is 114 Å². The fraction of sp³-hybridized carbons (Fsp3) is 0.400. The maximum absolute atomic E-state index is 12.3. The Hall–Kier alpha value is -2.84. The molecule has 2 N–H and O–H groups in total. The summed E-state index contributed by atoms with van der Waals surface area (Å²) < 4.78 is 79.0. The number of aromatic hydroxyl groups is 1. The van der Waals surface area contributed by atoms with E-state index in [9.17, 15) is 36.2 Å². The van der Waals surface area contributed by atoms with Gasteiger partial charge in [-0.25, -0.2) is 8.42 Å². The second-order valence-corrected chi connectivity index (χ2v) is 15.4. The molecule has 0 aliphatic rings. The summed E-state index contributed by atoms with van der Waals surface area (Å²) >= 11 is 0. The van der Waals surface area contributed by atoms with Crippen molar-refractivity contribution in [3.63, 3.8) is 0 Å². The molecule has 0 radical (unpaired) electrons. The maximum Gasteiger partial charge on any atom is 2.00 e. The zero-order chi connectivity index (χ0) is 38.0. The van der Waals surface area contributed by atoms with Crippen LogP contribution in [0.25, 0.3) is 0 Å². The van der Waals surface area contributed by atoms with Gasteiger partial charge in [0, 0.05) is 6.07 Å². The van der Waals surface area contributed by atoms with E-state index in [1.165, 1.54) is 37.5 Å². The van der Waals surface area contributed by atoms with Crippen LogP contribution in [0.3, 0.4) is 0 Å². The molecule has 4 aromatic rings. The van der Waals surface area contributed by atoms with Crippen LogP contribution in [0.1, 0.15) is 102 Å². The number of benzene rings is 4. The van der Waals surface area contributed by atoms with E-state index in [1.807, 2.05) is 6.07 Å². The van der Waals surface area contributed by atoms with Gasteiger partial charge in [0.2, 0.25) is 0 Å². The van der Waals surface area contributed by atoms with Crippen LogP contribution < -0.4 is 14.6 Å². The Labute approximate surface area is 345 Å². The van der Waals surface area contributed by atoms with Gasteiger partial charge in [-0.1, -0.05) is 126 Å². The van der Waals surface area contributed by atoms with Crippen molar-refractivity contribution in [3.8, 4) is 34.5 Å². The summed E-state index contributed by atoms with van der Waals surface area (Å²) in [5, 5.41) is 22.5. The molecule has 4 rings (SSSR count). The largest absolute Gasteiger partial charge is 2.00 e. The molecule has 0 unspecified atom stereocenters. The molecule has 0 amide bonds. The minimum Gasteiger partial charge on any atom is -0.870 e. The Morgan fingerprint density at radius 1 is 0.585 bits per heavy atom. The second-order valence-electron chi connectivity index (χ2n) is 12.6. The van der Waals surface area contributed by atoms with Crippen LogP contribution in [0.15, 0.2) is 94.7 Å². The molecular weight excluding hydrogens is 745 g/mol. The van der Waals surface area contributed by atoms with Crippen molar-refractivity contribution in [2.75, 3.05) is 0 Å². The van der Waals surface area contributed by atoms with Gasteiger partial charge in [0.05, 0.1) is 4.90 Å². The Morgan fingerprint density at radius 2 is 1.00 bits per heavy atom. The summed E-state index contributed by atoms with van der Waals surface area (Å²) in [6.45, 7) is 4.29. The predicted octanol–water partition coefficient (Wildman–Crippen LogP) is 9.31. The van der Waals surface area contributed by atoms with Gasteiger partial charge in [0.15, 0.2) is 11.5 Å². The maximum atomic E-state index is 12.3. The first-order chi connectivity index (χ1) is 24.8. The van der Waals surface area contributed by atoms with Gasteiger partial charge in [-0.3, -0.25) is 4.55 Å².